The fraction of sp³-hybridized carbons (Fsp3) is 0.444. The standard InChI is InChI=1S/C36H45N7O6/c1-35(2,3)49-34(46)37-19-13-8-6-7-12-16-29-42-43-31(47-29)26-21-38-33(41-30(26)40-28(22-44)23-14-10-9-11-15-23)39-24-17-18-25-27(20-24)36(4,5)48-32(25)45/h9-11,14-15,17-18,20-21,28,44H,6-8,12-13,16,19,22H2,1-5H3,(H,37,46)(H2,38,39,40,41)/t28-/m1/s1. The van der Waals surface area contributed by atoms with Crippen LogP contribution in [0.25, 0.3) is 11.5 Å². The number of hydrogen-bond acceptors (Lipinski definition) is 12. The lowest BCUT2D eigenvalue weighted by Crippen LogP contribution is -2.32. The Morgan fingerprint density at radius 3 is 2.51 bits per heavy atom. The molecule has 1 atom stereocenters. The van der Waals surface area contributed by atoms with Crippen LogP contribution in [0.3, 0.4) is 0 Å². The van der Waals surface area contributed by atoms with Crippen LogP contribution < -0.4 is 16.0 Å². The smallest absolute Gasteiger partial charge is 0.407 e. The maximum Gasteiger partial charge on any atom is 0.407 e. The van der Waals surface area contributed by atoms with E-state index in [2.05, 4.69) is 31.1 Å². The molecule has 3 heterocycles. The fourth-order valence-electron chi connectivity index (χ4n) is 5.46. The minimum atomic E-state index is -0.748. The first-order chi connectivity index (χ1) is 23.4. The highest BCUT2D eigenvalue weighted by Crippen LogP contribution is 2.38. The summed E-state index contributed by atoms with van der Waals surface area (Å²) in [7, 11) is 0. The highest BCUT2D eigenvalue weighted by molar-refractivity contribution is 5.95. The number of nitrogens with one attached hydrogen (secondary N) is 3. The molecule has 260 valence electrons. The summed E-state index contributed by atoms with van der Waals surface area (Å²) in [5.41, 5.74) is 2.10. The Morgan fingerprint density at radius 1 is 1.00 bits per heavy atom. The van der Waals surface area contributed by atoms with Crippen molar-refractivity contribution < 1.29 is 28.6 Å². The number of aliphatic hydroxyl groups is 1. The molecule has 0 saturated carbocycles. The van der Waals surface area contributed by atoms with Gasteiger partial charge in [-0.25, -0.2) is 14.6 Å². The van der Waals surface area contributed by atoms with Crippen molar-refractivity contribution in [2.75, 3.05) is 23.8 Å². The van der Waals surface area contributed by atoms with Gasteiger partial charge < -0.3 is 34.9 Å². The molecule has 4 N–H and O–H groups in total. The summed E-state index contributed by atoms with van der Waals surface area (Å²) in [6.45, 7) is 9.62. The number of amides is 1. The van der Waals surface area contributed by atoms with Crippen molar-refractivity contribution in [3.8, 4) is 11.5 Å². The van der Waals surface area contributed by atoms with E-state index in [0.717, 1.165) is 43.2 Å². The summed E-state index contributed by atoms with van der Waals surface area (Å²) in [5.74, 6) is 1.11. The molecular weight excluding hydrogens is 626 g/mol. The van der Waals surface area contributed by atoms with Crippen LogP contribution >= 0.6 is 0 Å². The number of hydrogen-bond donors (Lipinski definition) is 4. The maximum absolute atomic E-state index is 12.3. The lowest BCUT2D eigenvalue weighted by Gasteiger charge is -2.20. The summed E-state index contributed by atoms with van der Waals surface area (Å²) in [6, 6.07) is 14.5. The number of ether oxygens (including phenoxy) is 2. The van der Waals surface area contributed by atoms with Gasteiger partial charge in [-0.2, -0.15) is 4.98 Å². The van der Waals surface area contributed by atoms with E-state index in [1.54, 1.807) is 18.3 Å². The number of aliphatic hydroxyl groups excluding tert-OH is 1. The zero-order valence-corrected chi connectivity index (χ0v) is 28.7. The SMILES string of the molecule is CC(C)(C)OC(=O)NCCCCCCCc1nnc(-c2cnc(Nc3ccc4c(c3)C(C)(C)OC4=O)nc2N[C@H](CO)c2ccccc2)o1. The van der Waals surface area contributed by atoms with Gasteiger partial charge in [-0.05, 0) is 71.2 Å². The molecule has 0 aliphatic carbocycles. The number of unbranched alkanes of at least 4 members (excludes halogenated alkanes) is 4. The van der Waals surface area contributed by atoms with Crippen molar-refractivity contribution in [2.24, 2.45) is 0 Å². The van der Waals surface area contributed by atoms with E-state index in [0.29, 0.717) is 47.4 Å². The lowest BCUT2D eigenvalue weighted by molar-refractivity contribution is 0.00951. The van der Waals surface area contributed by atoms with Gasteiger partial charge in [0, 0.05) is 30.4 Å². The average molecular weight is 672 g/mol. The number of nitrogens with zero attached hydrogens (tertiary/aromatic N) is 4. The van der Waals surface area contributed by atoms with E-state index in [4.69, 9.17) is 18.9 Å². The Kier molecular flexibility index (Phi) is 11.1. The van der Waals surface area contributed by atoms with Crippen molar-refractivity contribution in [1.82, 2.24) is 25.5 Å². The molecule has 0 spiro atoms. The van der Waals surface area contributed by atoms with Gasteiger partial charge in [0.05, 0.1) is 23.8 Å². The molecule has 0 saturated heterocycles. The Labute approximate surface area is 286 Å². The van der Waals surface area contributed by atoms with Gasteiger partial charge >= 0.3 is 12.1 Å². The Morgan fingerprint density at radius 2 is 1.76 bits per heavy atom. The zero-order valence-electron chi connectivity index (χ0n) is 28.7. The molecule has 13 heteroatoms. The van der Waals surface area contributed by atoms with Crippen LogP contribution in [0.2, 0.25) is 0 Å². The Bertz CT molecular complexity index is 1740. The minimum absolute atomic E-state index is 0.184. The fourth-order valence-corrected chi connectivity index (χ4v) is 5.46. The topological polar surface area (TPSA) is 174 Å². The second-order valence-electron chi connectivity index (χ2n) is 13.5. The van der Waals surface area contributed by atoms with Crippen LogP contribution in [-0.4, -0.2) is 56.1 Å². The number of carbonyl (C=O) groups excluding carboxylic acids is 2. The lowest BCUT2D eigenvalue weighted by atomic mass is 9.95. The van der Waals surface area contributed by atoms with Crippen LogP contribution in [0.5, 0.6) is 0 Å². The highest BCUT2D eigenvalue weighted by Gasteiger charge is 2.37. The van der Waals surface area contributed by atoms with E-state index in [1.807, 2.05) is 71.0 Å². The van der Waals surface area contributed by atoms with Crippen molar-refractivity contribution >= 4 is 29.5 Å². The van der Waals surface area contributed by atoms with Gasteiger partial charge in [0.25, 0.3) is 5.89 Å². The van der Waals surface area contributed by atoms with E-state index in [9.17, 15) is 14.7 Å². The van der Waals surface area contributed by atoms with Gasteiger partial charge in [-0.15, -0.1) is 10.2 Å². The number of rotatable bonds is 15. The quantitative estimate of drug-likeness (QED) is 0.0767. The van der Waals surface area contributed by atoms with E-state index in [1.165, 1.54) is 0 Å². The van der Waals surface area contributed by atoms with Gasteiger partial charge in [-0.3, -0.25) is 0 Å². The summed E-state index contributed by atoms with van der Waals surface area (Å²) < 4.78 is 16.8. The molecule has 2 aromatic heterocycles. The molecule has 0 unspecified atom stereocenters. The summed E-state index contributed by atoms with van der Waals surface area (Å²) >= 11 is 0. The molecule has 4 aromatic rings. The van der Waals surface area contributed by atoms with Gasteiger partial charge in [0.1, 0.15) is 17.0 Å². The molecule has 13 nitrogen and oxygen atoms in total. The predicted octanol–water partition coefficient (Wildman–Crippen LogP) is 6.84. The van der Waals surface area contributed by atoms with Crippen molar-refractivity contribution in [3.63, 3.8) is 0 Å². The van der Waals surface area contributed by atoms with Crippen molar-refractivity contribution in [3.05, 3.63) is 77.3 Å². The monoisotopic (exact) mass is 671 g/mol. The first-order valence-corrected chi connectivity index (χ1v) is 16.7. The molecule has 0 radical (unpaired) electrons. The van der Waals surface area contributed by atoms with Gasteiger partial charge in [0.2, 0.25) is 11.8 Å². The van der Waals surface area contributed by atoms with Crippen molar-refractivity contribution in [2.45, 2.75) is 90.4 Å². The number of aromatic nitrogens is 4. The molecule has 5 rings (SSSR count). The number of carbonyl (C=O) groups is 2. The largest absolute Gasteiger partial charge is 0.451 e. The molecule has 49 heavy (non-hydrogen) atoms. The second-order valence-corrected chi connectivity index (χ2v) is 13.5. The van der Waals surface area contributed by atoms with Crippen LogP contribution in [-0.2, 0) is 21.5 Å². The number of esters is 1. The number of fused-ring (bicyclic) bond motifs is 1. The van der Waals surface area contributed by atoms with Crippen molar-refractivity contribution in [1.29, 1.82) is 0 Å². The number of aryl methyl sites for hydroxylation is 1. The summed E-state index contributed by atoms with van der Waals surface area (Å²) in [6.07, 6.45) is 6.57. The molecule has 2 aromatic carbocycles. The number of benzene rings is 2. The van der Waals surface area contributed by atoms with Crippen LogP contribution in [0, 0.1) is 0 Å². The van der Waals surface area contributed by atoms with Crippen LogP contribution in [0.1, 0.15) is 100 Å². The first kappa shape index (κ1) is 35.3. The molecular formula is C36H45N7O6. The Hall–Kier alpha value is -5.04. The predicted molar refractivity (Wildman–Crippen MR) is 184 cm³/mol. The third kappa shape index (κ3) is 9.53. The second kappa shape index (κ2) is 15.5. The zero-order chi connectivity index (χ0) is 35.0. The third-order valence-electron chi connectivity index (χ3n) is 7.91. The highest BCUT2D eigenvalue weighted by atomic mass is 16.6. The van der Waals surface area contributed by atoms with E-state index in [-0.39, 0.29) is 18.5 Å². The number of anilines is 3. The average Bonchev–Trinajstić information content (AvgIpc) is 3.61. The normalized spacial score (nSPS) is 14.1. The summed E-state index contributed by atoms with van der Waals surface area (Å²) in [5, 5.41) is 28.2. The molecule has 1 amide bonds. The third-order valence-corrected chi connectivity index (χ3v) is 7.91. The van der Waals surface area contributed by atoms with Gasteiger partial charge in [-0.1, -0.05) is 49.6 Å². The first-order valence-electron chi connectivity index (χ1n) is 16.7. The van der Waals surface area contributed by atoms with E-state index >= 15 is 0 Å². The Balaban J connectivity index is 1.24. The number of alkyl carbamates (subject to hydrolysis) is 1. The maximum atomic E-state index is 12.3. The number of cyclic esters (lactones) is 1. The molecule has 0 bridgehead atoms. The van der Waals surface area contributed by atoms with Crippen LogP contribution in [0.4, 0.5) is 22.2 Å². The molecule has 0 fully saturated rings. The summed E-state index contributed by atoms with van der Waals surface area (Å²) in [4.78, 5) is 33.3. The minimum Gasteiger partial charge on any atom is -0.451 e. The van der Waals surface area contributed by atoms with E-state index < -0.39 is 23.3 Å². The molecule has 1 aliphatic heterocycles. The molecule has 1 aliphatic rings. The van der Waals surface area contributed by atoms with Crippen LogP contribution in [0.15, 0.2) is 59.1 Å². The van der Waals surface area contributed by atoms with Gasteiger partial charge in [0.15, 0.2) is 0 Å².